The lowest BCUT2D eigenvalue weighted by Gasteiger charge is -2.16. The molecule has 36 heavy (non-hydrogen) atoms. The van der Waals surface area contributed by atoms with Gasteiger partial charge in [-0.3, -0.25) is 19.8 Å². The van der Waals surface area contributed by atoms with Gasteiger partial charge in [0.25, 0.3) is 5.91 Å². The number of anilines is 1. The normalized spacial score (nSPS) is 11.5. The van der Waals surface area contributed by atoms with E-state index in [2.05, 4.69) is 32.0 Å². The first-order valence-electron chi connectivity index (χ1n) is 11.4. The summed E-state index contributed by atoms with van der Waals surface area (Å²) in [5, 5.41) is 6.21. The number of carbonyl (C=O) groups excluding carboxylic acids is 3. The fraction of sp³-hybridized carbons (Fsp3) is 0.148. The van der Waals surface area contributed by atoms with E-state index in [1.165, 1.54) is 4.68 Å². The zero-order valence-electron chi connectivity index (χ0n) is 19.7. The molecule has 0 bridgehead atoms. The van der Waals surface area contributed by atoms with Crippen LogP contribution in [0.4, 0.5) is 5.69 Å². The third kappa shape index (κ3) is 5.75. The van der Waals surface area contributed by atoms with Gasteiger partial charge in [-0.1, -0.05) is 46.3 Å². The highest BCUT2D eigenvalue weighted by Crippen LogP contribution is 2.24. The van der Waals surface area contributed by atoms with E-state index in [-0.39, 0.29) is 11.7 Å². The monoisotopic (exact) mass is 548 g/mol. The Morgan fingerprint density at radius 2 is 1.67 bits per heavy atom. The second-order valence-corrected chi connectivity index (χ2v) is 8.94. The van der Waals surface area contributed by atoms with Crippen LogP contribution in [0.15, 0.2) is 83.3 Å². The predicted molar refractivity (Wildman–Crippen MR) is 143 cm³/mol. The van der Waals surface area contributed by atoms with Crippen molar-refractivity contribution in [1.82, 2.24) is 9.99 Å². The van der Waals surface area contributed by atoms with Crippen LogP contribution in [0.3, 0.4) is 0 Å². The molecule has 0 radical (unpaired) electrons. The Morgan fingerprint density at radius 1 is 0.944 bits per heavy atom. The largest absolute Gasteiger partial charge is 0.494 e. The van der Waals surface area contributed by atoms with Crippen LogP contribution in [0.5, 0.6) is 5.75 Å². The lowest BCUT2D eigenvalue weighted by molar-refractivity contribution is -0.137. The molecule has 3 aromatic carbocycles. The minimum atomic E-state index is -0.895. The van der Waals surface area contributed by atoms with Crippen molar-refractivity contribution in [2.24, 2.45) is 0 Å². The van der Waals surface area contributed by atoms with E-state index in [1.54, 1.807) is 49.4 Å². The van der Waals surface area contributed by atoms with Gasteiger partial charge in [-0.05, 0) is 67.9 Å². The molecule has 3 N–H and O–H groups in total. The van der Waals surface area contributed by atoms with Gasteiger partial charge in [0.2, 0.25) is 0 Å². The molecular formula is C27H25BrN4O4. The topological polar surface area (TPSA) is 101 Å². The van der Waals surface area contributed by atoms with Crippen molar-refractivity contribution >= 4 is 50.2 Å². The average molecular weight is 549 g/mol. The molecular weight excluding hydrogens is 524 g/mol. The van der Waals surface area contributed by atoms with E-state index in [0.29, 0.717) is 28.9 Å². The summed E-state index contributed by atoms with van der Waals surface area (Å²) >= 11 is 3.43. The van der Waals surface area contributed by atoms with Crippen LogP contribution in [0.25, 0.3) is 10.9 Å². The van der Waals surface area contributed by atoms with Crippen molar-refractivity contribution in [3.63, 3.8) is 0 Å². The number of halogens is 1. The number of ether oxygens (including phenoxy) is 1. The molecule has 4 rings (SSSR count). The molecule has 0 fully saturated rings. The van der Waals surface area contributed by atoms with Crippen LogP contribution >= 0.6 is 15.9 Å². The number of hydrogen-bond acceptors (Lipinski definition) is 4. The number of nitrogens with one attached hydrogen (secondary N) is 3. The summed E-state index contributed by atoms with van der Waals surface area (Å²) in [4.78, 5) is 38.7. The fourth-order valence-electron chi connectivity index (χ4n) is 3.71. The van der Waals surface area contributed by atoms with Gasteiger partial charge < -0.3 is 15.4 Å². The van der Waals surface area contributed by atoms with Gasteiger partial charge in [0.05, 0.1) is 18.2 Å². The Labute approximate surface area is 216 Å². The number of carbonyl (C=O) groups is 3. The van der Waals surface area contributed by atoms with Crippen LogP contribution in [0, 0.1) is 0 Å². The fourth-order valence-corrected chi connectivity index (χ4v) is 4.09. The van der Waals surface area contributed by atoms with Crippen molar-refractivity contribution in [3.8, 4) is 5.75 Å². The number of hydrogen-bond donors (Lipinski definition) is 3. The van der Waals surface area contributed by atoms with E-state index >= 15 is 0 Å². The van der Waals surface area contributed by atoms with Gasteiger partial charge >= 0.3 is 11.8 Å². The van der Waals surface area contributed by atoms with Crippen molar-refractivity contribution in [2.75, 3.05) is 17.3 Å². The first-order chi connectivity index (χ1) is 17.4. The Bertz CT molecular complexity index is 1400. The molecule has 0 unspecified atom stereocenters. The summed E-state index contributed by atoms with van der Waals surface area (Å²) in [6, 6.07) is 22.9. The summed E-state index contributed by atoms with van der Waals surface area (Å²) in [6.07, 6.45) is 0. The molecule has 3 amide bonds. The lowest BCUT2D eigenvalue weighted by atomic mass is 10.1. The summed E-state index contributed by atoms with van der Waals surface area (Å²) < 4.78 is 7.57. The number of fused-ring (bicyclic) bond motifs is 1. The SMILES string of the molecule is CCOc1ccc(NC(=O)c2cc3cc(Br)ccc3n2NC(=O)C(=O)N[C@@H](C)c2ccccc2)cc1. The third-order valence-electron chi connectivity index (χ3n) is 5.49. The minimum Gasteiger partial charge on any atom is -0.494 e. The predicted octanol–water partition coefficient (Wildman–Crippen LogP) is 5.00. The van der Waals surface area contributed by atoms with Crippen molar-refractivity contribution < 1.29 is 19.1 Å². The third-order valence-corrected chi connectivity index (χ3v) is 5.98. The van der Waals surface area contributed by atoms with Gasteiger partial charge in [-0.25, -0.2) is 4.68 Å². The van der Waals surface area contributed by atoms with E-state index in [4.69, 9.17) is 4.74 Å². The highest BCUT2D eigenvalue weighted by atomic mass is 79.9. The highest BCUT2D eigenvalue weighted by Gasteiger charge is 2.22. The molecule has 4 aromatic rings. The standard InChI is InChI=1S/C27H25BrN4O4/c1-3-36-22-12-10-21(11-13-22)30-25(33)24-16-19-15-20(28)9-14-23(19)32(24)31-27(35)26(34)29-17(2)18-7-5-4-6-8-18/h4-17H,3H2,1-2H3,(H,29,34)(H,30,33)(H,31,35)/t17-/m0/s1. The maximum atomic E-state index is 13.2. The molecule has 1 atom stereocenters. The number of benzene rings is 3. The van der Waals surface area contributed by atoms with E-state index in [1.807, 2.05) is 43.3 Å². The minimum absolute atomic E-state index is 0.161. The molecule has 0 aliphatic rings. The molecule has 0 aliphatic carbocycles. The Kier molecular flexibility index (Phi) is 7.70. The number of amides is 3. The molecule has 0 aliphatic heterocycles. The van der Waals surface area contributed by atoms with Gasteiger partial charge in [-0.2, -0.15) is 0 Å². The molecule has 0 spiro atoms. The van der Waals surface area contributed by atoms with Crippen LogP contribution < -0.4 is 20.8 Å². The first-order valence-corrected chi connectivity index (χ1v) is 12.2. The highest BCUT2D eigenvalue weighted by molar-refractivity contribution is 9.10. The molecule has 1 aromatic heterocycles. The number of rotatable bonds is 7. The van der Waals surface area contributed by atoms with Crippen molar-refractivity contribution in [3.05, 3.63) is 94.6 Å². The van der Waals surface area contributed by atoms with Gasteiger partial charge in [-0.15, -0.1) is 0 Å². The summed E-state index contributed by atoms with van der Waals surface area (Å²) in [5.74, 6) is -1.47. The molecule has 1 heterocycles. The molecule has 0 saturated carbocycles. The van der Waals surface area contributed by atoms with Gasteiger partial charge in [0.1, 0.15) is 11.4 Å². The Balaban J connectivity index is 1.56. The van der Waals surface area contributed by atoms with E-state index in [0.717, 1.165) is 10.0 Å². The van der Waals surface area contributed by atoms with Crippen molar-refractivity contribution in [1.29, 1.82) is 0 Å². The van der Waals surface area contributed by atoms with Crippen LogP contribution in [-0.4, -0.2) is 29.0 Å². The van der Waals surface area contributed by atoms with Crippen LogP contribution in [0.2, 0.25) is 0 Å². The number of aromatic nitrogens is 1. The van der Waals surface area contributed by atoms with Gasteiger partial charge in [0, 0.05) is 15.5 Å². The quantitative estimate of drug-likeness (QED) is 0.283. The maximum absolute atomic E-state index is 13.2. The number of nitrogens with zero attached hydrogens (tertiary/aromatic N) is 1. The van der Waals surface area contributed by atoms with E-state index < -0.39 is 17.7 Å². The molecule has 0 saturated heterocycles. The molecule has 8 nitrogen and oxygen atoms in total. The smallest absolute Gasteiger partial charge is 0.328 e. The van der Waals surface area contributed by atoms with Crippen LogP contribution in [-0.2, 0) is 9.59 Å². The lowest BCUT2D eigenvalue weighted by Crippen LogP contribution is -2.40. The van der Waals surface area contributed by atoms with Crippen molar-refractivity contribution in [2.45, 2.75) is 19.9 Å². The summed E-state index contributed by atoms with van der Waals surface area (Å²) in [5.41, 5.74) is 4.72. The zero-order chi connectivity index (χ0) is 25.7. The molecule has 184 valence electrons. The Hall–Kier alpha value is -4.11. The summed E-state index contributed by atoms with van der Waals surface area (Å²) in [6.45, 7) is 4.22. The second kappa shape index (κ2) is 11.1. The summed E-state index contributed by atoms with van der Waals surface area (Å²) in [7, 11) is 0. The maximum Gasteiger partial charge on any atom is 0.328 e. The first kappa shape index (κ1) is 25.0. The molecule has 9 heteroatoms. The van der Waals surface area contributed by atoms with Gasteiger partial charge in [0.15, 0.2) is 0 Å². The van der Waals surface area contributed by atoms with E-state index in [9.17, 15) is 14.4 Å². The zero-order valence-corrected chi connectivity index (χ0v) is 21.3. The Morgan fingerprint density at radius 3 is 2.36 bits per heavy atom. The second-order valence-electron chi connectivity index (χ2n) is 8.03. The van der Waals surface area contributed by atoms with Crippen LogP contribution in [0.1, 0.15) is 35.9 Å². The average Bonchev–Trinajstić information content (AvgIpc) is 3.23.